The van der Waals surface area contributed by atoms with Crippen molar-refractivity contribution < 1.29 is 47.9 Å². The fourth-order valence-electron chi connectivity index (χ4n) is 7.90. The minimum absolute atomic E-state index is 0.0936. The van der Waals surface area contributed by atoms with Crippen LogP contribution in [0.4, 0.5) is 11.4 Å². The number of fused-ring (bicyclic) bond motifs is 5. The molecule has 0 spiro atoms. The number of thiophene rings is 3. The van der Waals surface area contributed by atoms with Crippen molar-refractivity contribution in [1.29, 1.82) is 5.26 Å². The van der Waals surface area contributed by atoms with Crippen molar-refractivity contribution in [2.24, 2.45) is 0 Å². The van der Waals surface area contributed by atoms with E-state index in [9.17, 15) is 24.8 Å². The number of ether oxygens (including phenoxy) is 7. The molecule has 0 aliphatic carbocycles. The molecule has 0 radical (unpaired) electrons. The van der Waals surface area contributed by atoms with Crippen LogP contribution in [0, 0.1) is 11.3 Å². The first-order valence-corrected chi connectivity index (χ1v) is 24.6. The fourth-order valence-corrected chi connectivity index (χ4v) is 13.9. The predicted molar refractivity (Wildman–Crippen MR) is 246 cm³/mol. The first kappa shape index (κ1) is 42.1. The van der Waals surface area contributed by atoms with Gasteiger partial charge >= 0.3 is 5.97 Å². The van der Waals surface area contributed by atoms with Gasteiger partial charge in [-0.2, -0.15) is 5.26 Å². The van der Waals surface area contributed by atoms with E-state index in [1.165, 1.54) is 63.1 Å². The lowest BCUT2D eigenvalue weighted by atomic mass is 10.1. The Morgan fingerprint density at radius 3 is 2.00 bits per heavy atom. The third kappa shape index (κ3) is 7.46. The number of carbonyl (C=O) groups is 2. The van der Waals surface area contributed by atoms with E-state index in [1.54, 1.807) is 35.2 Å². The highest BCUT2D eigenvalue weighted by molar-refractivity contribution is 7.99. The molecule has 328 valence electrons. The van der Waals surface area contributed by atoms with Crippen LogP contribution in [-0.2, 0) is 21.1 Å². The summed E-state index contributed by atoms with van der Waals surface area (Å²) in [4.78, 5) is 46.0. The van der Waals surface area contributed by atoms with E-state index < -0.39 is 23.8 Å². The van der Waals surface area contributed by atoms with Gasteiger partial charge in [0.25, 0.3) is 12.0 Å². The molecular weight excluding hydrogens is 919 g/mol. The normalized spacial score (nSPS) is 15.2. The first-order valence-electron chi connectivity index (χ1n) is 20.5. The minimum Gasteiger partial charge on any atom is -0.485 e. The van der Waals surface area contributed by atoms with Gasteiger partial charge in [0.05, 0.1) is 45.2 Å². The molecule has 8 heterocycles. The summed E-state index contributed by atoms with van der Waals surface area (Å²) in [5.41, 5.74) is 2.14. The van der Waals surface area contributed by atoms with Crippen LogP contribution < -0.4 is 48.1 Å². The molecule has 4 aliphatic rings. The topological polar surface area (TPSA) is 168 Å². The Bertz CT molecular complexity index is 3060. The summed E-state index contributed by atoms with van der Waals surface area (Å²) in [6.07, 6.45) is 6.27. The van der Waals surface area contributed by atoms with Crippen molar-refractivity contribution >= 4 is 92.6 Å². The van der Waals surface area contributed by atoms with E-state index in [2.05, 4.69) is 54.3 Å². The SMILES string of the molecule is CCCCCCN1c2ccccc2Sc2cc(-c3sc(-c4sc(-c5sc(/C=c6/s/c(=C(\C#N)C(=O)O)n(COC=O)c6=O)c6c5OCCO6)c5c4OCCO5)c4c3OCCO4)ccc21. The van der Waals surface area contributed by atoms with Crippen molar-refractivity contribution in [2.75, 3.05) is 51.1 Å². The van der Waals surface area contributed by atoms with Crippen molar-refractivity contribution in [3.63, 3.8) is 0 Å². The molecule has 4 aliphatic heterocycles. The van der Waals surface area contributed by atoms with Crippen molar-refractivity contribution in [2.45, 2.75) is 49.1 Å². The third-order valence-electron chi connectivity index (χ3n) is 10.7. The van der Waals surface area contributed by atoms with Gasteiger partial charge in [0.2, 0.25) is 0 Å². The maximum atomic E-state index is 13.7. The van der Waals surface area contributed by atoms with Crippen molar-refractivity contribution in [1.82, 2.24) is 4.57 Å². The average molecular weight is 956 g/mol. The van der Waals surface area contributed by atoms with Gasteiger partial charge < -0.3 is 43.2 Å². The highest BCUT2D eigenvalue weighted by Gasteiger charge is 2.37. The number of carbonyl (C=O) groups excluding carboxylic acids is 1. The van der Waals surface area contributed by atoms with Crippen LogP contribution in [0.25, 0.3) is 41.6 Å². The van der Waals surface area contributed by atoms with Crippen molar-refractivity contribution in [3.05, 3.63) is 66.9 Å². The van der Waals surface area contributed by atoms with Crippen LogP contribution in [0.5, 0.6) is 34.5 Å². The number of carboxylic acid groups (broad SMARTS) is 1. The molecule has 0 saturated carbocycles. The molecule has 6 aromatic rings. The second kappa shape index (κ2) is 17.9. The Balaban J connectivity index is 1.07. The number of anilines is 2. The van der Waals surface area contributed by atoms with Crippen LogP contribution in [0.15, 0.2) is 57.1 Å². The van der Waals surface area contributed by atoms with Gasteiger partial charge in [0.15, 0.2) is 46.8 Å². The Morgan fingerprint density at radius 2 is 1.36 bits per heavy atom. The molecule has 0 atom stereocenters. The average Bonchev–Trinajstić information content (AvgIpc) is 4.07. The molecule has 2 aromatic carbocycles. The molecule has 4 aromatic heterocycles. The summed E-state index contributed by atoms with van der Waals surface area (Å²) in [5, 5.41) is 19.3. The lowest BCUT2D eigenvalue weighted by Crippen LogP contribution is -2.33. The van der Waals surface area contributed by atoms with E-state index in [1.807, 2.05) is 0 Å². The number of thiazole rings is 1. The highest BCUT2D eigenvalue weighted by Crippen LogP contribution is 2.64. The van der Waals surface area contributed by atoms with E-state index in [0.717, 1.165) is 53.9 Å². The third-order valence-corrected chi connectivity index (χ3v) is 16.8. The molecule has 1 N–H and O–H groups in total. The zero-order chi connectivity index (χ0) is 43.9. The van der Waals surface area contributed by atoms with Gasteiger partial charge in [-0.15, -0.1) is 45.3 Å². The van der Waals surface area contributed by atoms with Crippen molar-refractivity contribution in [3.8, 4) is 70.5 Å². The quantitative estimate of drug-likeness (QED) is 0.0867. The van der Waals surface area contributed by atoms with Gasteiger partial charge in [-0.1, -0.05) is 56.1 Å². The molecule has 14 nitrogen and oxygen atoms in total. The van der Waals surface area contributed by atoms with E-state index in [-0.39, 0.29) is 28.9 Å². The summed E-state index contributed by atoms with van der Waals surface area (Å²) in [6, 6.07) is 16.9. The number of nitriles is 1. The lowest BCUT2D eigenvalue weighted by Gasteiger charge is -2.33. The summed E-state index contributed by atoms with van der Waals surface area (Å²) < 4.78 is 43.7. The van der Waals surface area contributed by atoms with E-state index >= 15 is 0 Å². The predicted octanol–water partition coefficient (Wildman–Crippen LogP) is 8.31. The summed E-state index contributed by atoms with van der Waals surface area (Å²) in [6.45, 7) is 4.73. The van der Waals surface area contributed by atoms with Gasteiger partial charge in [0, 0.05) is 16.3 Å². The molecular formula is C45H37N3O11S5. The van der Waals surface area contributed by atoms with E-state index in [0.29, 0.717) is 70.7 Å². The van der Waals surface area contributed by atoms with Crippen LogP contribution in [0.3, 0.4) is 0 Å². The maximum absolute atomic E-state index is 13.7. The zero-order valence-electron chi connectivity index (χ0n) is 34.1. The Hall–Kier alpha value is -5.91. The first-order chi connectivity index (χ1) is 31.4. The summed E-state index contributed by atoms with van der Waals surface area (Å²) in [7, 11) is 0. The second-order valence-corrected chi connectivity index (χ2v) is 19.9. The Morgan fingerprint density at radius 1 is 0.766 bits per heavy atom. The zero-order valence-corrected chi connectivity index (χ0v) is 38.2. The molecule has 0 unspecified atom stereocenters. The fraction of sp³-hybridized carbons (Fsp3) is 0.289. The molecule has 0 fully saturated rings. The smallest absolute Gasteiger partial charge is 0.349 e. The largest absolute Gasteiger partial charge is 0.485 e. The molecule has 0 bridgehead atoms. The second-order valence-electron chi connectivity index (χ2n) is 14.7. The number of unbranched alkanes of at least 4 members (excludes halogenated alkanes) is 3. The van der Waals surface area contributed by atoms with Crippen LogP contribution in [0.1, 0.15) is 37.5 Å². The minimum atomic E-state index is -1.52. The number of nitrogens with zero attached hydrogens (tertiary/aromatic N) is 3. The molecule has 0 saturated heterocycles. The molecule has 10 rings (SSSR count). The van der Waals surface area contributed by atoms with Gasteiger partial charge in [-0.3, -0.25) is 14.2 Å². The number of rotatable bonds is 13. The van der Waals surface area contributed by atoms with E-state index in [4.69, 9.17) is 33.2 Å². The number of aromatic nitrogens is 1. The molecule has 19 heteroatoms. The number of hydrogen-bond acceptors (Lipinski definition) is 17. The van der Waals surface area contributed by atoms with Gasteiger partial charge in [-0.25, -0.2) is 4.79 Å². The molecule has 64 heavy (non-hydrogen) atoms. The number of benzene rings is 2. The summed E-state index contributed by atoms with van der Waals surface area (Å²) >= 11 is 6.93. The Labute approximate surface area is 385 Å². The van der Waals surface area contributed by atoms with Crippen LogP contribution in [-0.4, -0.2) is 68.3 Å². The maximum Gasteiger partial charge on any atom is 0.349 e. The van der Waals surface area contributed by atoms with Gasteiger partial charge in [-0.05, 0) is 42.3 Å². The monoisotopic (exact) mass is 955 g/mol. The van der Waals surface area contributed by atoms with Crippen LogP contribution >= 0.6 is 57.1 Å². The standard InChI is InChI=1S/C45H37N3O11S5/c1-2-3-4-7-12-47-26-8-5-6-9-28(26)60-29-19-24(10-11-27(29)47)38-34-35(57-16-15-56-34)41(63-38)42-37-36(58-17-18-59-37)40(64-42)39-33-32(54-13-14-55-33)30(61-39)20-31-43(50)48(22-53-23-49)44(62-31)25(21-46)45(51)52/h5-6,8-11,19-20,23H,2-4,7,12-18,22H2,1H3,(H,51,52)/b31-20+,44-25+. The van der Waals surface area contributed by atoms with Crippen LogP contribution in [0.2, 0.25) is 0 Å². The molecule has 0 amide bonds. The number of para-hydroxylation sites is 1. The highest BCUT2D eigenvalue weighted by atomic mass is 32.2. The number of aliphatic carboxylic acids is 1. The summed E-state index contributed by atoms with van der Waals surface area (Å²) in [5.74, 6) is 1.79. The Kier molecular flexibility index (Phi) is 11.8. The number of hydrogen-bond donors (Lipinski definition) is 1. The number of carboxylic acids is 1. The van der Waals surface area contributed by atoms with Gasteiger partial charge in [0.1, 0.15) is 50.4 Å². The lowest BCUT2D eigenvalue weighted by molar-refractivity contribution is -0.132.